The molecule has 2 heterocycles. The number of hydrogen-bond donors (Lipinski definition) is 0. The molecule has 1 aromatic heterocycles. The van der Waals surface area contributed by atoms with Crippen molar-refractivity contribution >= 4 is 56.1 Å². The summed E-state index contributed by atoms with van der Waals surface area (Å²) < 4.78 is 6.48. The second-order valence-corrected chi connectivity index (χ2v) is 19.5. The quantitative estimate of drug-likeness (QED) is 0.172. The first-order chi connectivity index (χ1) is 35.2. The number of hydrogen-bond acceptors (Lipinski definition) is 3. The summed E-state index contributed by atoms with van der Waals surface area (Å²) in [5.41, 5.74) is 25.5. The van der Waals surface area contributed by atoms with Crippen LogP contribution in [0.3, 0.4) is 0 Å². The first-order valence-corrected chi connectivity index (χ1v) is 24.7. The van der Waals surface area contributed by atoms with Crippen molar-refractivity contribution < 1.29 is 4.42 Å². The molecule has 330 valence electrons. The molecule has 12 aromatic rings. The van der Waals surface area contributed by atoms with E-state index in [4.69, 9.17) is 4.42 Å². The van der Waals surface area contributed by atoms with E-state index >= 15 is 0 Å². The molecule has 4 aliphatic rings. The fraction of sp³-hybridized carbons (Fsp3) is 0.0294. The van der Waals surface area contributed by atoms with Gasteiger partial charge in [0.05, 0.1) is 22.2 Å². The smallest absolute Gasteiger partial charge is 0.135 e. The second kappa shape index (κ2) is 14.2. The van der Waals surface area contributed by atoms with Crippen LogP contribution in [0.15, 0.2) is 259 Å². The van der Waals surface area contributed by atoms with Crippen LogP contribution >= 0.6 is 0 Å². The SMILES string of the molecule is c1ccc(N2c3ccccc3C3(c4ccccc4)c4cc(N(c5ccc6c(c5)C5(c7ccccc7-c7ccccc75)c5ccccc5-6)c5ccc6oc7ccccc7c6c5)ccc4-c4cccc2c43)cc1. The Balaban J connectivity index is 0.984. The van der Waals surface area contributed by atoms with Crippen LogP contribution in [0.1, 0.15) is 44.5 Å². The summed E-state index contributed by atoms with van der Waals surface area (Å²) in [4.78, 5) is 4.97. The van der Waals surface area contributed by atoms with E-state index < -0.39 is 10.8 Å². The van der Waals surface area contributed by atoms with Gasteiger partial charge in [0.25, 0.3) is 0 Å². The molecule has 16 rings (SSSR count). The van der Waals surface area contributed by atoms with E-state index in [1.165, 1.54) is 89.3 Å². The van der Waals surface area contributed by atoms with Gasteiger partial charge >= 0.3 is 0 Å². The molecule has 3 heteroatoms. The minimum absolute atomic E-state index is 0.491. The van der Waals surface area contributed by atoms with Gasteiger partial charge in [0.2, 0.25) is 0 Å². The molecule has 71 heavy (non-hydrogen) atoms. The van der Waals surface area contributed by atoms with Gasteiger partial charge in [0.15, 0.2) is 0 Å². The van der Waals surface area contributed by atoms with Crippen LogP contribution in [0.5, 0.6) is 0 Å². The van der Waals surface area contributed by atoms with Gasteiger partial charge in [-0.2, -0.15) is 0 Å². The van der Waals surface area contributed by atoms with Gasteiger partial charge in [0, 0.05) is 39.1 Å². The zero-order valence-corrected chi connectivity index (χ0v) is 38.6. The highest BCUT2D eigenvalue weighted by atomic mass is 16.3. The molecule has 1 aliphatic heterocycles. The molecule has 1 unspecified atom stereocenters. The second-order valence-electron chi connectivity index (χ2n) is 19.5. The highest BCUT2D eigenvalue weighted by Crippen LogP contribution is 2.66. The molecule has 0 amide bonds. The molecule has 0 N–H and O–H groups in total. The summed E-state index contributed by atoms with van der Waals surface area (Å²) >= 11 is 0. The van der Waals surface area contributed by atoms with Crippen LogP contribution in [-0.2, 0) is 10.8 Å². The maximum absolute atomic E-state index is 6.48. The van der Waals surface area contributed by atoms with Gasteiger partial charge in [-0.1, -0.05) is 182 Å². The standard InChI is InChI=1S/C68H42N2O/c1-3-18-43(19-4-1)67-59-30-14-15-31-62(59)70(44-20-5-2-6-21-44)63-32-17-26-54(66(63)67)52-38-35-46(41-60(52)67)69(45-36-39-65-55(40-45)53-25-10-16-33-64(53)71-65)47-34-37-51-50-24-9-13-29-58(50)68(61(51)42-47)56-27-11-7-22-48(56)49-23-8-12-28-57(49)68/h1-42H. The van der Waals surface area contributed by atoms with Crippen molar-refractivity contribution in [1.82, 2.24) is 0 Å². The van der Waals surface area contributed by atoms with E-state index in [1.807, 2.05) is 0 Å². The van der Waals surface area contributed by atoms with Gasteiger partial charge in [-0.05, 0) is 145 Å². The van der Waals surface area contributed by atoms with Crippen LogP contribution in [0.25, 0.3) is 55.3 Å². The number of benzene rings is 11. The number of furan rings is 1. The molecule has 3 aliphatic carbocycles. The van der Waals surface area contributed by atoms with Crippen LogP contribution < -0.4 is 9.80 Å². The van der Waals surface area contributed by atoms with Crippen molar-refractivity contribution in [1.29, 1.82) is 0 Å². The first-order valence-electron chi connectivity index (χ1n) is 24.7. The molecule has 0 radical (unpaired) electrons. The van der Waals surface area contributed by atoms with Gasteiger partial charge in [0.1, 0.15) is 11.2 Å². The highest BCUT2D eigenvalue weighted by Gasteiger charge is 2.54. The molecule has 1 spiro atoms. The van der Waals surface area contributed by atoms with Crippen molar-refractivity contribution in [2.45, 2.75) is 10.8 Å². The summed E-state index contributed by atoms with van der Waals surface area (Å²) in [6, 6.07) is 94.9. The van der Waals surface area contributed by atoms with Crippen molar-refractivity contribution in [2.24, 2.45) is 0 Å². The number of anilines is 6. The fourth-order valence-electron chi connectivity index (χ4n) is 13.6. The number of nitrogens with zero attached hydrogens (tertiary/aromatic N) is 2. The van der Waals surface area contributed by atoms with E-state index in [-0.39, 0.29) is 0 Å². The molecule has 3 nitrogen and oxygen atoms in total. The van der Waals surface area contributed by atoms with Gasteiger partial charge in [-0.25, -0.2) is 0 Å². The minimum Gasteiger partial charge on any atom is -0.456 e. The largest absolute Gasteiger partial charge is 0.456 e. The molecule has 0 saturated heterocycles. The lowest BCUT2D eigenvalue weighted by Gasteiger charge is -2.44. The van der Waals surface area contributed by atoms with Crippen molar-refractivity contribution in [2.75, 3.05) is 9.80 Å². The van der Waals surface area contributed by atoms with Crippen LogP contribution in [0.2, 0.25) is 0 Å². The Labute approximate surface area is 411 Å². The fourth-order valence-corrected chi connectivity index (χ4v) is 13.6. The first kappa shape index (κ1) is 38.8. The Kier molecular flexibility index (Phi) is 7.75. The molecule has 0 saturated carbocycles. The van der Waals surface area contributed by atoms with E-state index in [0.717, 1.165) is 44.7 Å². The third-order valence-corrected chi connectivity index (χ3v) is 16.2. The summed E-state index contributed by atoms with van der Waals surface area (Å²) in [5, 5.41) is 2.20. The molecule has 1 atom stereocenters. The van der Waals surface area contributed by atoms with Crippen molar-refractivity contribution in [3.05, 3.63) is 299 Å². The summed E-state index contributed by atoms with van der Waals surface area (Å²) in [6.45, 7) is 0. The highest BCUT2D eigenvalue weighted by molar-refractivity contribution is 6.07. The lowest BCUT2D eigenvalue weighted by Crippen LogP contribution is -2.36. The summed E-state index contributed by atoms with van der Waals surface area (Å²) in [7, 11) is 0. The third kappa shape index (κ3) is 4.92. The molecule has 11 aromatic carbocycles. The van der Waals surface area contributed by atoms with E-state index in [0.29, 0.717) is 0 Å². The summed E-state index contributed by atoms with van der Waals surface area (Å²) in [6.07, 6.45) is 0. The van der Waals surface area contributed by atoms with E-state index in [1.54, 1.807) is 0 Å². The molecular weight excluding hydrogens is 861 g/mol. The zero-order chi connectivity index (χ0) is 46.4. The average molecular weight is 903 g/mol. The third-order valence-electron chi connectivity index (χ3n) is 16.2. The topological polar surface area (TPSA) is 19.6 Å². The van der Waals surface area contributed by atoms with Crippen LogP contribution in [-0.4, -0.2) is 0 Å². The predicted octanol–water partition coefficient (Wildman–Crippen LogP) is 17.5. The minimum atomic E-state index is -0.613. The average Bonchev–Trinajstić information content (AvgIpc) is 4.15. The zero-order valence-electron chi connectivity index (χ0n) is 38.6. The number of para-hydroxylation sites is 3. The molecule has 0 fully saturated rings. The lowest BCUT2D eigenvalue weighted by molar-refractivity contribution is 0.669. The predicted molar refractivity (Wildman–Crippen MR) is 290 cm³/mol. The maximum Gasteiger partial charge on any atom is 0.135 e. The lowest BCUT2D eigenvalue weighted by atomic mass is 9.65. The van der Waals surface area contributed by atoms with Crippen LogP contribution in [0, 0.1) is 0 Å². The molecular formula is C68H42N2O. The Morgan fingerprint density at radius 2 is 0.789 bits per heavy atom. The van der Waals surface area contributed by atoms with E-state index in [2.05, 4.69) is 265 Å². The Morgan fingerprint density at radius 1 is 0.310 bits per heavy atom. The van der Waals surface area contributed by atoms with Crippen LogP contribution in [0.4, 0.5) is 34.1 Å². The van der Waals surface area contributed by atoms with Gasteiger partial charge in [-0.15, -0.1) is 0 Å². The summed E-state index contributed by atoms with van der Waals surface area (Å²) in [5.74, 6) is 0. The van der Waals surface area contributed by atoms with E-state index in [9.17, 15) is 0 Å². The number of fused-ring (bicyclic) bond motifs is 18. The Morgan fingerprint density at radius 3 is 1.48 bits per heavy atom. The van der Waals surface area contributed by atoms with Crippen molar-refractivity contribution in [3.8, 4) is 33.4 Å². The van der Waals surface area contributed by atoms with Crippen molar-refractivity contribution in [3.63, 3.8) is 0 Å². The normalized spacial score (nSPS) is 15.7. The molecule has 0 bridgehead atoms. The van der Waals surface area contributed by atoms with Gasteiger partial charge < -0.3 is 14.2 Å². The monoisotopic (exact) mass is 902 g/mol. The van der Waals surface area contributed by atoms with Gasteiger partial charge in [-0.3, -0.25) is 0 Å². The maximum atomic E-state index is 6.48. The Bertz CT molecular complexity index is 4140. The Hall–Kier alpha value is -9.18. The number of rotatable bonds is 5.